The number of hydrogen-bond donors (Lipinski definition) is 2. The molecule has 0 spiro atoms. The molecule has 0 aliphatic carbocycles. The number of phenolic OH excluding ortho intramolecular Hbond substituents is 1. The Balaban J connectivity index is 1.77. The molecule has 3 rings (SSSR count). The third-order valence-corrected chi connectivity index (χ3v) is 6.37. The molecule has 2 heterocycles. The van der Waals surface area contributed by atoms with Crippen molar-refractivity contribution >= 4 is 5.91 Å². The van der Waals surface area contributed by atoms with Gasteiger partial charge in [0, 0.05) is 24.1 Å². The van der Waals surface area contributed by atoms with Gasteiger partial charge in [-0.05, 0) is 66.4 Å². The number of allylic oxidation sites excluding steroid dienone is 4. The van der Waals surface area contributed by atoms with Crippen LogP contribution in [0.3, 0.4) is 0 Å². The van der Waals surface area contributed by atoms with Crippen molar-refractivity contribution in [1.29, 1.82) is 0 Å². The van der Waals surface area contributed by atoms with Crippen molar-refractivity contribution in [3.8, 4) is 11.5 Å². The molecule has 1 aromatic carbocycles. The average molecular weight is 414 g/mol. The lowest BCUT2D eigenvalue weighted by atomic mass is 9.84. The highest BCUT2D eigenvalue weighted by Gasteiger charge is 2.43. The molecule has 2 aliphatic heterocycles. The third kappa shape index (κ3) is 4.41. The monoisotopic (exact) mass is 413 g/mol. The number of amides is 1. The molecule has 1 aromatic rings. The Labute approximate surface area is 180 Å². The van der Waals surface area contributed by atoms with E-state index in [0.29, 0.717) is 42.8 Å². The molecule has 2 atom stereocenters. The number of rotatable bonds is 7. The quantitative estimate of drug-likeness (QED) is 0.624. The van der Waals surface area contributed by atoms with Gasteiger partial charge in [0.1, 0.15) is 17.1 Å². The van der Waals surface area contributed by atoms with Gasteiger partial charge in [0.05, 0.1) is 18.2 Å². The Hall–Kier alpha value is -2.27. The van der Waals surface area contributed by atoms with Crippen LogP contribution in [0.2, 0.25) is 0 Å². The van der Waals surface area contributed by atoms with Gasteiger partial charge in [0.2, 0.25) is 0 Å². The number of carbonyl (C=O) groups is 1. The number of carbonyl (C=O) groups excluding carboxylic acids is 1. The number of hydrogen-bond acceptors (Lipinski definition) is 4. The standard InChI is InChI=1S/C25H35NO4/c1-6-26-15-20-18(24(26)29)13-21(27)19-14-22(28)25(5,30-23(19)20)12-8-11-17(4)10-7-9-16(2)3/h9,11,13,22,27-28H,6-8,10,12,14-15H2,1-5H3/b17-11+. The molecule has 1 amide bonds. The first-order chi connectivity index (χ1) is 14.2. The molecule has 164 valence electrons. The molecule has 5 nitrogen and oxygen atoms in total. The number of phenols is 1. The van der Waals surface area contributed by atoms with Gasteiger partial charge in [-0.1, -0.05) is 23.3 Å². The zero-order valence-corrected chi connectivity index (χ0v) is 18.9. The molecule has 0 saturated heterocycles. The number of benzene rings is 1. The smallest absolute Gasteiger partial charge is 0.254 e. The molecular formula is C25H35NO4. The summed E-state index contributed by atoms with van der Waals surface area (Å²) in [6, 6.07) is 1.53. The lowest BCUT2D eigenvalue weighted by molar-refractivity contribution is -0.0599. The Kier molecular flexibility index (Phi) is 6.61. The normalized spacial score (nSPS) is 23.1. The Morgan fingerprint density at radius 3 is 2.67 bits per heavy atom. The molecule has 0 bridgehead atoms. The third-order valence-electron chi connectivity index (χ3n) is 6.37. The van der Waals surface area contributed by atoms with Crippen LogP contribution in [-0.4, -0.2) is 39.3 Å². The van der Waals surface area contributed by atoms with Crippen molar-refractivity contribution < 1.29 is 19.7 Å². The van der Waals surface area contributed by atoms with Crippen LogP contribution in [0.5, 0.6) is 11.5 Å². The van der Waals surface area contributed by atoms with E-state index in [-0.39, 0.29) is 11.7 Å². The van der Waals surface area contributed by atoms with Gasteiger partial charge in [-0.2, -0.15) is 0 Å². The first-order valence-electron chi connectivity index (χ1n) is 11.0. The molecule has 2 N–H and O–H groups in total. The van der Waals surface area contributed by atoms with Gasteiger partial charge in [0.25, 0.3) is 5.91 Å². The molecular weight excluding hydrogens is 378 g/mol. The molecule has 2 aliphatic rings. The summed E-state index contributed by atoms with van der Waals surface area (Å²) < 4.78 is 6.36. The summed E-state index contributed by atoms with van der Waals surface area (Å²) in [4.78, 5) is 14.3. The second-order valence-corrected chi connectivity index (χ2v) is 9.09. The predicted octanol–water partition coefficient (Wildman–Crippen LogP) is 4.90. The van der Waals surface area contributed by atoms with Crippen molar-refractivity contribution in [1.82, 2.24) is 4.90 Å². The Bertz CT molecular complexity index is 882. The average Bonchev–Trinajstić information content (AvgIpc) is 2.99. The highest BCUT2D eigenvalue weighted by Crippen LogP contribution is 2.46. The lowest BCUT2D eigenvalue weighted by Gasteiger charge is -2.40. The topological polar surface area (TPSA) is 70.0 Å². The van der Waals surface area contributed by atoms with Crippen LogP contribution in [0.25, 0.3) is 0 Å². The molecule has 0 radical (unpaired) electrons. The molecule has 0 saturated carbocycles. The van der Waals surface area contributed by atoms with Crippen LogP contribution in [0.15, 0.2) is 29.4 Å². The zero-order valence-electron chi connectivity index (χ0n) is 18.9. The fourth-order valence-electron chi connectivity index (χ4n) is 4.31. The van der Waals surface area contributed by atoms with E-state index < -0.39 is 11.7 Å². The number of fused-ring (bicyclic) bond motifs is 3. The lowest BCUT2D eigenvalue weighted by Crippen LogP contribution is -2.49. The van der Waals surface area contributed by atoms with E-state index in [1.165, 1.54) is 17.2 Å². The first kappa shape index (κ1) is 22.4. The minimum Gasteiger partial charge on any atom is -0.508 e. The SMILES string of the molecule is CCN1Cc2c(cc(O)c3c2OC(C)(CC/C=C(\C)CCC=C(C)C)C(O)C3)C1=O. The Morgan fingerprint density at radius 2 is 2.00 bits per heavy atom. The summed E-state index contributed by atoms with van der Waals surface area (Å²) in [5.74, 6) is 0.550. The molecule has 0 aromatic heterocycles. The maximum Gasteiger partial charge on any atom is 0.254 e. The summed E-state index contributed by atoms with van der Waals surface area (Å²) in [5.41, 5.74) is 3.88. The number of aliphatic hydroxyl groups excluding tert-OH is 1. The fraction of sp³-hybridized carbons (Fsp3) is 0.560. The van der Waals surface area contributed by atoms with Crippen LogP contribution < -0.4 is 4.74 Å². The second-order valence-electron chi connectivity index (χ2n) is 9.09. The number of aromatic hydroxyl groups is 1. The van der Waals surface area contributed by atoms with Gasteiger partial charge in [-0.3, -0.25) is 4.79 Å². The van der Waals surface area contributed by atoms with Crippen molar-refractivity contribution in [2.24, 2.45) is 0 Å². The van der Waals surface area contributed by atoms with E-state index >= 15 is 0 Å². The van der Waals surface area contributed by atoms with Gasteiger partial charge in [-0.15, -0.1) is 0 Å². The zero-order chi connectivity index (χ0) is 22.1. The van der Waals surface area contributed by atoms with Gasteiger partial charge in [0.15, 0.2) is 0 Å². The van der Waals surface area contributed by atoms with E-state index in [1.807, 2.05) is 13.8 Å². The number of nitrogens with zero attached hydrogens (tertiary/aromatic N) is 1. The highest BCUT2D eigenvalue weighted by molar-refractivity contribution is 6.00. The maximum absolute atomic E-state index is 12.6. The van der Waals surface area contributed by atoms with Crippen LogP contribution in [0, 0.1) is 0 Å². The second kappa shape index (κ2) is 8.84. The van der Waals surface area contributed by atoms with E-state index in [4.69, 9.17) is 4.74 Å². The van der Waals surface area contributed by atoms with Crippen LogP contribution in [0.1, 0.15) is 81.8 Å². The summed E-state index contributed by atoms with van der Waals surface area (Å²) in [6.07, 6.45) is 7.64. The van der Waals surface area contributed by atoms with Crippen LogP contribution in [-0.2, 0) is 13.0 Å². The minimum absolute atomic E-state index is 0.0335. The number of ether oxygens (including phenoxy) is 1. The van der Waals surface area contributed by atoms with Crippen molar-refractivity contribution in [2.75, 3.05) is 6.54 Å². The maximum atomic E-state index is 12.6. The fourth-order valence-corrected chi connectivity index (χ4v) is 4.31. The first-order valence-corrected chi connectivity index (χ1v) is 11.0. The summed E-state index contributed by atoms with van der Waals surface area (Å²) in [7, 11) is 0. The highest BCUT2D eigenvalue weighted by atomic mass is 16.5. The summed E-state index contributed by atoms with van der Waals surface area (Å²) in [5, 5.41) is 21.3. The van der Waals surface area contributed by atoms with Crippen LogP contribution in [0.4, 0.5) is 0 Å². The van der Waals surface area contributed by atoms with Gasteiger partial charge in [-0.25, -0.2) is 0 Å². The summed E-state index contributed by atoms with van der Waals surface area (Å²) >= 11 is 0. The van der Waals surface area contributed by atoms with Gasteiger partial charge < -0.3 is 19.8 Å². The van der Waals surface area contributed by atoms with Crippen molar-refractivity contribution in [3.63, 3.8) is 0 Å². The van der Waals surface area contributed by atoms with E-state index in [1.54, 1.807) is 4.90 Å². The van der Waals surface area contributed by atoms with E-state index in [2.05, 4.69) is 32.9 Å². The van der Waals surface area contributed by atoms with Crippen LogP contribution >= 0.6 is 0 Å². The van der Waals surface area contributed by atoms with E-state index in [9.17, 15) is 15.0 Å². The van der Waals surface area contributed by atoms with Gasteiger partial charge >= 0.3 is 0 Å². The summed E-state index contributed by atoms with van der Waals surface area (Å²) in [6.45, 7) is 11.3. The van der Waals surface area contributed by atoms with Crippen molar-refractivity contribution in [2.45, 2.75) is 85.0 Å². The van der Waals surface area contributed by atoms with Crippen molar-refractivity contribution in [3.05, 3.63) is 46.1 Å². The minimum atomic E-state index is -0.756. The predicted molar refractivity (Wildman–Crippen MR) is 119 cm³/mol. The molecule has 0 fully saturated rings. The molecule has 2 unspecified atom stereocenters. The largest absolute Gasteiger partial charge is 0.508 e. The molecule has 5 heteroatoms. The molecule has 30 heavy (non-hydrogen) atoms. The number of aliphatic hydroxyl groups is 1. The van der Waals surface area contributed by atoms with E-state index in [0.717, 1.165) is 24.8 Å². The Morgan fingerprint density at radius 1 is 1.27 bits per heavy atom.